The van der Waals surface area contributed by atoms with Crippen molar-refractivity contribution < 1.29 is 13.2 Å². The predicted octanol–water partition coefficient (Wildman–Crippen LogP) is 2.20. The van der Waals surface area contributed by atoms with Crippen molar-refractivity contribution in [2.24, 2.45) is 0 Å². The molecule has 1 N–H and O–H groups in total. The van der Waals surface area contributed by atoms with Gasteiger partial charge >= 0.3 is 0 Å². The summed E-state index contributed by atoms with van der Waals surface area (Å²) in [5, 5.41) is 0. The number of hydrogen-bond acceptors (Lipinski definition) is 4. The number of likely N-dealkylation sites (tertiary alicyclic amines) is 2. The molecule has 2 heterocycles. The fourth-order valence-electron chi connectivity index (χ4n) is 3.76. The van der Waals surface area contributed by atoms with E-state index in [-0.39, 0.29) is 23.8 Å². The van der Waals surface area contributed by atoms with Crippen LogP contribution < -0.4 is 4.72 Å². The Kier molecular flexibility index (Phi) is 6.71. The summed E-state index contributed by atoms with van der Waals surface area (Å²) >= 11 is 3.27. The number of nitrogens with zero attached hydrogens (tertiary/aromatic N) is 2. The van der Waals surface area contributed by atoms with E-state index in [1.807, 2.05) is 4.90 Å². The van der Waals surface area contributed by atoms with Crippen LogP contribution in [0.4, 0.5) is 0 Å². The SMILES string of the molecule is O=C(CCNS(=O)(=O)c1cccc(Br)c1)N1CCC(N2CCCC2)CC1. The molecule has 0 aromatic heterocycles. The molecule has 144 valence electrons. The van der Waals surface area contributed by atoms with Crippen molar-refractivity contribution in [3.05, 3.63) is 28.7 Å². The molecule has 2 aliphatic rings. The molecule has 1 aromatic rings. The minimum Gasteiger partial charge on any atom is -0.343 e. The summed E-state index contributed by atoms with van der Waals surface area (Å²) in [4.78, 5) is 17.0. The Bertz CT molecular complexity index is 727. The first kappa shape index (κ1) is 19.8. The van der Waals surface area contributed by atoms with Gasteiger partial charge in [0.05, 0.1) is 4.90 Å². The molecule has 2 saturated heterocycles. The van der Waals surface area contributed by atoms with Crippen LogP contribution in [-0.2, 0) is 14.8 Å². The maximum Gasteiger partial charge on any atom is 0.240 e. The lowest BCUT2D eigenvalue weighted by Crippen LogP contribution is -2.46. The van der Waals surface area contributed by atoms with Crippen LogP contribution >= 0.6 is 15.9 Å². The van der Waals surface area contributed by atoms with E-state index in [9.17, 15) is 13.2 Å². The van der Waals surface area contributed by atoms with Crippen molar-refractivity contribution in [2.45, 2.75) is 43.0 Å². The summed E-state index contributed by atoms with van der Waals surface area (Å²) in [5.74, 6) is 0.0295. The van der Waals surface area contributed by atoms with Crippen LogP contribution in [0.3, 0.4) is 0 Å². The first-order valence-corrected chi connectivity index (χ1v) is 11.5. The minimum atomic E-state index is -3.59. The maximum atomic E-state index is 12.4. The fourth-order valence-corrected chi connectivity index (χ4v) is 5.38. The maximum absolute atomic E-state index is 12.4. The summed E-state index contributed by atoms with van der Waals surface area (Å²) in [6.45, 7) is 4.06. The molecule has 26 heavy (non-hydrogen) atoms. The van der Waals surface area contributed by atoms with Crippen LogP contribution in [0.15, 0.2) is 33.6 Å². The Morgan fingerprint density at radius 3 is 2.50 bits per heavy atom. The van der Waals surface area contributed by atoms with Gasteiger partial charge in [0.25, 0.3) is 0 Å². The average molecular weight is 444 g/mol. The third-order valence-corrected chi connectivity index (χ3v) is 7.16. The number of carbonyl (C=O) groups excluding carboxylic acids is 1. The molecule has 0 saturated carbocycles. The topological polar surface area (TPSA) is 69.7 Å². The first-order chi connectivity index (χ1) is 12.5. The Morgan fingerprint density at radius 1 is 1.15 bits per heavy atom. The average Bonchev–Trinajstić information content (AvgIpc) is 3.16. The van der Waals surface area contributed by atoms with Crippen LogP contribution in [0.2, 0.25) is 0 Å². The predicted molar refractivity (Wildman–Crippen MR) is 104 cm³/mol. The van der Waals surface area contributed by atoms with Gasteiger partial charge in [-0.25, -0.2) is 13.1 Å². The van der Waals surface area contributed by atoms with Crippen LogP contribution in [0.1, 0.15) is 32.1 Å². The van der Waals surface area contributed by atoms with Crippen molar-refractivity contribution in [2.75, 3.05) is 32.7 Å². The molecule has 0 spiro atoms. The van der Waals surface area contributed by atoms with Crippen LogP contribution in [0, 0.1) is 0 Å². The standard InChI is InChI=1S/C18H26BrN3O3S/c19-15-4-3-5-17(14-15)26(24,25)20-9-6-18(23)22-12-7-16(8-13-22)21-10-1-2-11-21/h3-5,14,16,20H,1-2,6-13H2. The second-order valence-corrected chi connectivity index (χ2v) is 9.64. The Balaban J connectivity index is 1.43. The molecular formula is C18H26BrN3O3S. The minimum absolute atomic E-state index is 0.0295. The van der Waals surface area contributed by atoms with Gasteiger partial charge in [0.1, 0.15) is 0 Å². The first-order valence-electron chi connectivity index (χ1n) is 9.23. The number of amides is 1. The van der Waals surface area contributed by atoms with E-state index >= 15 is 0 Å². The molecule has 8 heteroatoms. The highest BCUT2D eigenvalue weighted by atomic mass is 79.9. The highest BCUT2D eigenvalue weighted by Crippen LogP contribution is 2.21. The van der Waals surface area contributed by atoms with E-state index in [0.717, 1.165) is 25.9 Å². The molecule has 0 aliphatic carbocycles. The number of sulfonamides is 1. The van der Waals surface area contributed by atoms with Crippen LogP contribution in [0.25, 0.3) is 0 Å². The van der Waals surface area contributed by atoms with Crippen LogP contribution in [0.5, 0.6) is 0 Å². The molecular weight excluding hydrogens is 418 g/mol. The molecule has 0 atom stereocenters. The van der Waals surface area contributed by atoms with Crippen LogP contribution in [-0.4, -0.2) is 62.9 Å². The second-order valence-electron chi connectivity index (χ2n) is 6.96. The number of hydrogen-bond donors (Lipinski definition) is 1. The zero-order valence-corrected chi connectivity index (χ0v) is 17.3. The number of rotatable bonds is 6. The zero-order chi connectivity index (χ0) is 18.6. The monoisotopic (exact) mass is 443 g/mol. The Hall–Kier alpha value is -0.960. The van der Waals surface area contributed by atoms with Gasteiger partial charge in [-0.2, -0.15) is 0 Å². The van der Waals surface area contributed by atoms with E-state index in [2.05, 4.69) is 25.6 Å². The number of halogens is 1. The molecule has 0 radical (unpaired) electrons. The summed E-state index contributed by atoms with van der Waals surface area (Å²) < 4.78 is 27.8. The van der Waals surface area contributed by atoms with Crippen molar-refractivity contribution in [1.29, 1.82) is 0 Å². The van der Waals surface area contributed by atoms with Crippen molar-refractivity contribution in [3.8, 4) is 0 Å². The molecule has 0 bridgehead atoms. The third-order valence-electron chi connectivity index (χ3n) is 5.21. The number of piperidine rings is 1. The molecule has 2 fully saturated rings. The Morgan fingerprint density at radius 2 is 1.85 bits per heavy atom. The molecule has 6 nitrogen and oxygen atoms in total. The number of nitrogens with one attached hydrogen (secondary N) is 1. The summed E-state index contributed by atoms with van der Waals surface area (Å²) in [6, 6.07) is 7.14. The number of carbonyl (C=O) groups is 1. The van der Waals surface area contributed by atoms with Gasteiger partial charge in [0.2, 0.25) is 15.9 Å². The van der Waals surface area contributed by atoms with E-state index in [1.165, 1.54) is 32.0 Å². The van der Waals surface area contributed by atoms with Gasteiger partial charge in [-0.05, 0) is 57.0 Å². The number of benzene rings is 1. The second kappa shape index (κ2) is 8.82. The summed E-state index contributed by atoms with van der Waals surface area (Å²) in [5.41, 5.74) is 0. The highest BCUT2D eigenvalue weighted by molar-refractivity contribution is 9.10. The van der Waals surface area contributed by atoms with Gasteiger partial charge in [0.15, 0.2) is 0 Å². The lowest BCUT2D eigenvalue weighted by molar-refractivity contribution is -0.132. The van der Waals surface area contributed by atoms with E-state index in [4.69, 9.17) is 0 Å². The molecule has 1 amide bonds. The molecule has 3 rings (SSSR count). The zero-order valence-electron chi connectivity index (χ0n) is 14.9. The summed E-state index contributed by atoms with van der Waals surface area (Å²) in [7, 11) is -3.59. The molecule has 0 unspecified atom stereocenters. The fraction of sp³-hybridized carbons (Fsp3) is 0.611. The van der Waals surface area contributed by atoms with Crippen molar-refractivity contribution in [3.63, 3.8) is 0 Å². The Labute approximate surface area is 164 Å². The van der Waals surface area contributed by atoms with Crippen molar-refractivity contribution in [1.82, 2.24) is 14.5 Å². The van der Waals surface area contributed by atoms with Gasteiger partial charge in [-0.1, -0.05) is 22.0 Å². The highest BCUT2D eigenvalue weighted by Gasteiger charge is 2.28. The smallest absolute Gasteiger partial charge is 0.240 e. The lowest BCUT2D eigenvalue weighted by Gasteiger charge is -2.36. The van der Waals surface area contributed by atoms with Gasteiger partial charge in [-0.3, -0.25) is 4.79 Å². The van der Waals surface area contributed by atoms with Gasteiger partial charge in [0, 0.05) is 36.6 Å². The van der Waals surface area contributed by atoms with E-state index in [1.54, 1.807) is 18.2 Å². The third kappa shape index (κ3) is 5.06. The normalized spacial score (nSPS) is 19.8. The quantitative estimate of drug-likeness (QED) is 0.731. The summed E-state index contributed by atoms with van der Waals surface area (Å²) in [6.07, 6.45) is 4.82. The van der Waals surface area contributed by atoms with E-state index in [0.29, 0.717) is 10.5 Å². The van der Waals surface area contributed by atoms with E-state index < -0.39 is 10.0 Å². The van der Waals surface area contributed by atoms with Gasteiger partial charge < -0.3 is 9.80 Å². The largest absolute Gasteiger partial charge is 0.343 e. The van der Waals surface area contributed by atoms with Crippen molar-refractivity contribution >= 4 is 31.9 Å². The lowest BCUT2D eigenvalue weighted by atomic mass is 10.0. The van der Waals surface area contributed by atoms with Gasteiger partial charge in [-0.15, -0.1) is 0 Å². The molecule has 2 aliphatic heterocycles. The molecule has 1 aromatic carbocycles.